The molecule has 1 N–H and O–H groups in total. The quantitative estimate of drug-likeness (QED) is 0.710. The highest BCUT2D eigenvalue weighted by Gasteiger charge is 2.35. The van der Waals surface area contributed by atoms with Crippen LogP contribution in [0.1, 0.15) is 71.6 Å². The van der Waals surface area contributed by atoms with Crippen LogP contribution in [-0.2, 0) is 0 Å². The summed E-state index contributed by atoms with van der Waals surface area (Å²) in [6.07, 6.45) is 12.6. The lowest BCUT2D eigenvalue weighted by atomic mass is 9.89. The predicted octanol–water partition coefficient (Wildman–Crippen LogP) is 3.56. The molecule has 106 valence electrons. The van der Waals surface area contributed by atoms with Crippen LogP contribution in [0.5, 0.6) is 0 Å². The molecule has 2 fully saturated rings. The van der Waals surface area contributed by atoms with Gasteiger partial charge < -0.3 is 5.32 Å². The van der Waals surface area contributed by atoms with Gasteiger partial charge in [0.25, 0.3) is 0 Å². The highest BCUT2D eigenvalue weighted by molar-refractivity contribution is 4.91. The molecule has 0 radical (unpaired) electrons. The molecule has 18 heavy (non-hydrogen) atoms. The third kappa shape index (κ3) is 4.24. The second kappa shape index (κ2) is 7.49. The molecule has 2 aliphatic rings. The van der Waals surface area contributed by atoms with Crippen molar-refractivity contribution >= 4 is 0 Å². The van der Waals surface area contributed by atoms with Gasteiger partial charge in [-0.3, -0.25) is 4.90 Å². The van der Waals surface area contributed by atoms with E-state index in [1.807, 2.05) is 0 Å². The van der Waals surface area contributed by atoms with E-state index in [1.54, 1.807) is 0 Å². The van der Waals surface area contributed by atoms with Crippen LogP contribution in [0.3, 0.4) is 0 Å². The van der Waals surface area contributed by atoms with Crippen molar-refractivity contribution in [2.45, 2.75) is 89.8 Å². The van der Waals surface area contributed by atoms with Crippen LogP contribution >= 0.6 is 0 Å². The average molecular weight is 252 g/mol. The van der Waals surface area contributed by atoms with Crippen molar-refractivity contribution in [2.24, 2.45) is 0 Å². The molecule has 0 bridgehead atoms. The molecule has 2 saturated carbocycles. The number of nitrogens with zero attached hydrogens (tertiary/aromatic N) is 1. The van der Waals surface area contributed by atoms with Crippen molar-refractivity contribution in [1.29, 1.82) is 0 Å². The Hall–Kier alpha value is -0.0800. The van der Waals surface area contributed by atoms with E-state index in [1.165, 1.54) is 70.9 Å². The molecule has 2 heteroatoms. The normalized spacial score (nSPS) is 28.8. The van der Waals surface area contributed by atoms with Crippen molar-refractivity contribution in [3.8, 4) is 0 Å². The lowest BCUT2D eigenvalue weighted by Gasteiger charge is -2.37. The summed E-state index contributed by atoms with van der Waals surface area (Å²) in [5.41, 5.74) is 0. The number of rotatable bonds is 8. The minimum atomic E-state index is 0.813. The Balaban J connectivity index is 1.72. The average Bonchev–Trinajstić information content (AvgIpc) is 3.23. The molecule has 0 atom stereocenters. The summed E-state index contributed by atoms with van der Waals surface area (Å²) in [4.78, 5) is 2.86. The number of hydrogen-bond donors (Lipinski definition) is 1. The van der Waals surface area contributed by atoms with Crippen LogP contribution in [0.2, 0.25) is 0 Å². The van der Waals surface area contributed by atoms with Gasteiger partial charge in [-0.05, 0) is 64.5 Å². The van der Waals surface area contributed by atoms with Crippen molar-refractivity contribution in [2.75, 3.05) is 13.1 Å². The molecular formula is C16H32N2. The minimum absolute atomic E-state index is 0.813. The largest absolute Gasteiger partial charge is 0.314 e. The molecule has 0 aromatic carbocycles. The summed E-state index contributed by atoms with van der Waals surface area (Å²) in [7, 11) is 0. The maximum Gasteiger partial charge on any atom is 0.00993 e. The summed E-state index contributed by atoms with van der Waals surface area (Å²) in [5.74, 6) is 0. The molecule has 0 heterocycles. The van der Waals surface area contributed by atoms with Crippen LogP contribution in [0.15, 0.2) is 0 Å². The van der Waals surface area contributed by atoms with Crippen molar-refractivity contribution in [3.05, 3.63) is 0 Å². The van der Waals surface area contributed by atoms with E-state index in [4.69, 9.17) is 0 Å². The molecule has 2 rings (SSSR count). The second-order valence-corrected chi connectivity index (χ2v) is 6.28. The van der Waals surface area contributed by atoms with Gasteiger partial charge in [0.15, 0.2) is 0 Å². The van der Waals surface area contributed by atoms with Gasteiger partial charge in [-0.25, -0.2) is 0 Å². The first-order valence-corrected chi connectivity index (χ1v) is 8.34. The third-order valence-corrected chi connectivity index (χ3v) is 4.63. The summed E-state index contributed by atoms with van der Waals surface area (Å²) < 4.78 is 0. The molecule has 0 aromatic heterocycles. The van der Waals surface area contributed by atoms with E-state index in [0.717, 1.165) is 18.1 Å². The molecule has 0 unspecified atom stereocenters. The van der Waals surface area contributed by atoms with Crippen LogP contribution in [0.25, 0.3) is 0 Å². The fourth-order valence-electron chi connectivity index (χ4n) is 3.37. The predicted molar refractivity (Wildman–Crippen MR) is 79.0 cm³/mol. The first-order valence-electron chi connectivity index (χ1n) is 8.34. The Morgan fingerprint density at radius 1 is 0.889 bits per heavy atom. The molecule has 0 aliphatic heterocycles. The van der Waals surface area contributed by atoms with Gasteiger partial charge >= 0.3 is 0 Å². The summed E-state index contributed by atoms with van der Waals surface area (Å²) in [6.45, 7) is 7.14. The zero-order valence-electron chi connectivity index (χ0n) is 12.5. The lowest BCUT2D eigenvalue weighted by molar-refractivity contribution is 0.133. The Kier molecular flexibility index (Phi) is 5.97. The highest BCUT2D eigenvalue weighted by Crippen LogP contribution is 2.33. The number of nitrogens with one attached hydrogen (secondary N) is 1. The zero-order valence-corrected chi connectivity index (χ0v) is 12.5. The van der Waals surface area contributed by atoms with Gasteiger partial charge in [0.2, 0.25) is 0 Å². The molecular weight excluding hydrogens is 220 g/mol. The minimum Gasteiger partial charge on any atom is -0.314 e. The number of hydrogen-bond acceptors (Lipinski definition) is 2. The van der Waals surface area contributed by atoms with E-state index < -0.39 is 0 Å². The summed E-state index contributed by atoms with van der Waals surface area (Å²) in [5, 5.41) is 3.70. The van der Waals surface area contributed by atoms with Gasteiger partial charge in [0.05, 0.1) is 0 Å². The van der Waals surface area contributed by atoms with Crippen molar-refractivity contribution in [3.63, 3.8) is 0 Å². The molecule has 0 aromatic rings. The summed E-state index contributed by atoms with van der Waals surface area (Å²) >= 11 is 0. The molecule has 2 aliphatic carbocycles. The maximum atomic E-state index is 3.70. The van der Waals surface area contributed by atoms with Crippen molar-refractivity contribution in [1.82, 2.24) is 10.2 Å². The first kappa shape index (κ1) is 14.3. The van der Waals surface area contributed by atoms with Crippen LogP contribution in [-0.4, -0.2) is 36.1 Å². The molecule has 0 spiro atoms. The molecule has 0 saturated heterocycles. The van der Waals surface area contributed by atoms with E-state index in [2.05, 4.69) is 24.1 Å². The molecule has 0 amide bonds. The summed E-state index contributed by atoms with van der Waals surface area (Å²) in [6, 6.07) is 2.68. The monoisotopic (exact) mass is 252 g/mol. The SMILES string of the molecule is CCCCN(C1CCC(NCCC)CC1)C1CC1. The van der Waals surface area contributed by atoms with Crippen molar-refractivity contribution < 1.29 is 0 Å². The zero-order chi connectivity index (χ0) is 12.8. The van der Waals surface area contributed by atoms with E-state index in [0.29, 0.717) is 0 Å². The Bertz CT molecular complexity index is 217. The van der Waals surface area contributed by atoms with E-state index >= 15 is 0 Å². The molecule has 2 nitrogen and oxygen atoms in total. The maximum absolute atomic E-state index is 3.70. The fraction of sp³-hybridized carbons (Fsp3) is 1.00. The van der Waals surface area contributed by atoms with E-state index in [9.17, 15) is 0 Å². The van der Waals surface area contributed by atoms with Gasteiger partial charge in [-0.2, -0.15) is 0 Å². The standard InChI is InChI=1S/C16H32N2/c1-3-5-13-18(16-10-11-16)15-8-6-14(7-9-15)17-12-4-2/h14-17H,3-13H2,1-2H3. The van der Waals surface area contributed by atoms with E-state index in [-0.39, 0.29) is 0 Å². The Morgan fingerprint density at radius 2 is 1.50 bits per heavy atom. The second-order valence-electron chi connectivity index (χ2n) is 6.28. The van der Waals surface area contributed by atoms with Gasteiger partial charge in [0.1, 0.15) is 0 Å². The van der Waals surface area contributed by atoms with Crippen LogP contribution < -0.4 is 5.32 Å². The highest BCUT2D eigenvalue weighted by atomic mass is 15.2. The van der Waals surface area contributed by atoms with Gasteiger partial charge in [0, 0.05) is 18.1 Å². The first-order chi connectivity index (χ1) is 8.85. The topological polar surface area (TPSA) is 15.3 Å². The van der Waals surface area contributed by atoms with Crippen LogP contribution in [0.4, 0.5) is 0 Å². The van der Waals surface area contributed by atoms with Crippen LogP contribution in [0, 0.1) is 0 Å². The smallest absolute Gasteiger partial charge is 0.00993 e. The number of unbranched alkanes of at least 4 members (excludes halogenated alkanes) is 1. The fourth-order valence-corrected chi connectivity index (χ4v) is 3.37. The third-order valence-electron chi connectivity index (χ3n) is 4.63. The van der Waals surface area contributed by atoms with Gasteiger partial charge in [-0.15, -0.1) is 0 Å². The Morgan fingerprint density at radius 3 is 2.00 bits per heavy atom. The lowest BCUT2D eigenvalue weighted by Crippen LogP contribution is -2.44. The Labute approximate surface area is 114 Å². The van der Waals surface area contributed by atoms with Gasteiger partial charge in [-0.1, -0.05) is 20.3 Å².